The highest BCUT2D eigenvalue weighted by Gasteiger charge is 2.27. The first-order valence-electron chi connectivity index (χ1n) is 6.54. The summed E-state index contributed by atoms with van der Waals surface area (Å²) in [5, 5.41) is 3.83. The van der Waals surface area contributed by atoms with Crippen molar-refractivity contribution < 1.29 is 0 Å². The molecular weight excluding hydrogens is 258 g/mol. The van der Waals surface area contributed by atoms with Crippen LogP contribution in [0.15, 0.2) is 30.3 Å². The summed E-state index contributed by atoms with van der Waals surface area (Å²) in [6.07, 6.45) is 2.36. The number of benzene rings is 1. The van der Waals surface area contributed by atoms with Gasteiger partial charge in [0, 0.05) is 18.5 Å². The van der Waals surface area contributed by atoms with Gasteiger partial charge in [0.1, 0.15) is 16.8 Å². The van der Waals surface area contributed by atoms with Crippen molar-refractivity contribution in [3.8, 4) is 0 Å². The predicted molar refractivity (Wildman–Crippen MR) is 77.5 cm³/mol. The highest BCUT2D eigenvalue weighted by Crippen LogP contribution is 2.38. The number of aromatic nitrogens is 2. The highest BCUT2D eigenvalue weighted by molar-refractivity contribution is 6.29. The van der Waals surface area contributed by atoms with E-state index in [0.717, 1.165) is 18.2 Å². The quantitative estimate of drug-likeness (QED) is 0.858. The van der Waals surface area contributed by atoms with Gasteiger partial charge < -0.3 is 5.32 Å². The Morgan fingerprint density at radius 3 is 2.63 bits per heavy atom. The molecule has 1 heterocycles. The van der Waals surface area contributed by atoms with Gasteiger partial charge in [0.15, 0.2) is 0 Å². The van der Waals surface area contributed by atoms with Crippen LogP contribution in [0, 0.1) is 6.92 Å². The molecule has 1 aliphatic carbocycles. The van der Waals surface area contributed by atoms with E-state index >= 15 is 0 Å². The fourth-order valence-corrected chi connectivity index (χ4v) is 2.14. The summed E-state index contributed by atoms with van der Waals surface area (Å²) in [4.78, 5) is 8.80. The van der Waals surface area contributed by atoms with Crippen LogP contribution in [0.2, 0.25) is 5.15 Å². The molecule has 0 atom stereocenters. The predicted octanol–water partition coefficient (Wildman–Crippen LogP) is 3.93. The van der Waals surface area contributed by atoms with Gasteiger partial charge in [0.2, 0.25) is 0 Å². The maximum absolute atomic E-state index is 6.03. The Morgan fingerprint density at radius 2 is 1.95 bits per heavy atom. The SMILES string of the molecule is Cc1ccc(CNc2cc(Cl)nc(C3CC3)n2)cc1. The molecular formula is C15H16ClN3. The van der Waals surface area contributed by atoms with Gasteiger partial charge in [-0.15, -0.1) is 0 Å². The first-order valence-corrected chi connectivity index (χ1v) is 6.92. The smallest absolute Gasteiger partial charge is 0.135 e. The lowest BCUT2D eigenvalue weighted by atomic mass is 10.1. The molecule has 0 unspecified atom stereocenters. The van der Waals surface area contributed by atoms with Crippen molar-refractivity contribution in [2.24, 2.45) is 0 Å². The first kappa shape index (κ1) is 12.4. The summed E-state index contributed by atoms with van der Waals surface area (Å²) in [5.74, 6) is 2.19. The largest absolute Gasteiger partial charge is 0.366 e. The number of anilines is 1. The lowest BCUT2D eigenvalue weighted by Crippen LogP contribution is -2.04. The van der Waals surface area contributed by atoms with Gasteiger partial charge >= 0.3 is 0 Å². The molecule has 2 aromatic rings. The van der Waals surface area contributed by atoms with E-state index < -0.39 is 0 Å². The summed E-state index contributed by atoms with van der Waals surface area (Å²) in [6, 6.07) is 10.2. The molecule has 1 aliphatic rings. The monoisotopic (exact) mass is 273 g/mol. The summed E-state index contributed by atoms with van der Waals surface area (Å²) >= 11 is 6.03. The summed E-state index contributed by atoms with van der Waals surface area (Å²) in [6.45, 7) is 2.83. The van der Waals surface area contributed by atoms with Crippen molar-refractivity contribution in [1.82, 2.24) is 9.97 Å². The van der Waals surface area contributed by atoms with E-state index in [1.54, 1.807) is 6.07 Å². The van der Waals surface area contributed by atoms with Gasteiger partial charge in [-0.1, -0.05) is 41.4 Å². The van der Waals surface area contributed by atoms with Crippen molar-refractivity contribution in [3.05, 3.63) is 52.4 Å². The molecule has 0 radical (unpaired) electrons. The number of halogens is 1. The molecule has 19 heavy (non-hydrogen) atoms. The second-order valence-electron chi connectivity index (χ2n) is 5.05. The van der Waals surface area contributed by atoms with Crippen molar-refractivity contribution in [1.29, 1.82) is 0 Å². The van der Waals surface area contributed by atoms with E-state index in [1.165, 1.54) is 24.0 Å². The van der Waals surface area contributed by atoms with Gasteiger partial charge in [-0.05, 0) is 25.3 Å². The Labute approximate surface area is 118 Å². The molecule has 4 heteroatoms. The average molecular weight is 274 g/mol. The summed E-state index contributed by atoms with van der Waals surface area (Å²) in [5.41, 5.74) is 2.50. The van der Waals surface area contributed by atoms with E-state index in [4.69, 9.17) is 11.6 Å². The molecule has 0 aliphatic heterocycles. The van der Waals surface area contributed by atoms with Gasteiger partial charge in [0.05, 0.1) is 0 Å². The Bertz CT molecular complexity index is 576. The number of hydrogen-bond acceptors (Lipinski definition) is 3. The molecule has 1 fully saturated rings. The molecule has 1 saturated carbocycles. The third-order valence-electron chi connectivity index (χ3n) is 3.25. The van der Waals surface area contributed by atoms with Crippen molar-refractivity contribution >= 4 is 17.4 Å². The Hall–Kier alpha value is -1.61. The van der Waals surface area contributed by atoms with Gasteiger partial charge in [-0.25, -0.2) is 9.97 Å². The Kier molecular flexibility index (Phi) is 3.38. The van der Waals surface area contributed by atoms with Crippen LogP contribution in [0.1, 0.15) is 35.7 Å². The molecule has 1 aromatic heterocycles. The fraction of sp³-hybridized carbons (Fsp3) is 0.333. The van der Waals surface area contributed by atoms with Crippen LogP contribution in [-0.2, 0) is 6.54 Å². The van der Waals surface area contributed by atoms with Crippen LogP contribution in [0.4, 0.5) is 5.82 Å². The number of aryl methyl sites for hydroxylation is 1. The van der Waals surface area contributed by atoms with Crippen molar-refractivity contribution in [2.75, 3.05) is 5.32 Å². The lowest BCUT2D eigenvalue weighted by molar-refractivity contribution is 0.921. The maximum Gasteiger partial charge on any atom is 0.135 e. The van der Waals surface area contributed by atoms with Gasteiger partial charge in [-0.2, -0.15) is 0 Å². The number of nitrogens with one attached hydrogen (secondary N) is 1. The number of hydrogen-bond donors (Lipinski definition) is 1. The van der Waals surface area contributed by atoms with Crippen LogP contribution in [0.3, 0.4) is 0 Å². The summed E-state index contributed by atoms with van der Waals surface area (Å²) < 4.78 is 0. The average Bonchev–Trinajstić information content (AvgIpc) is 3.22. The topological polar surface area (TPSA) is 37.8 Å². The third-order valence-corrected chi connectivity index (χ3v) is 3.44. The fourth-order valence-electron chi connectivity index (χ4n) is 1.95. The molecule has 98 valence electrons. The Morgan fingerprint density at radius 1 is 1.21 bits per heavy atom. The molecule has 3 nitrogen and oxygen atoms in total. The van der Waals surface area contributed by atoms with Crippen LogP contribution >= 0.6 is 11.6 Å². The molecule has 1 N–H and O–H groups in total. The van der Waals surface area contributed by atoms with E-state index in [-0.39, 0.29) is 0 Å². The Balaban J connectivity index is 1.70. The van der Waals surface area contributed by atoms with E-state index in [1.807, 2.05) is 0 Å². The summed E-state index contributed by atoms with van der Waals surface area (Å²) in [7, 11) is 0. The highest BCUT2D eigenvalue weighted by atomic mass is 35.5. The van der Waals surface area contributed by atoms with Gasteiger partial charge in [0.25, 0.3) is 0 Å². The molecule has 0 saturated heterocycles. The minimum atomic E-state index is 0.513. The molecule has 0 amide bonds. The third kappa shape index (κ3) is 3.24. The molecule has 0 spiro atoms. The number of nitrogens with zero attached hydrogens (tertiary/aromatic N) is 2. The normalized spacial score (nSPS) is 14.4. The second-order valence-corrected chi connectivity index (χ2v) is 5.43. The van der Waals surface area contributed by atoms with E-state index in [0.29, 0.717) is 11.1 Å². The molecule has 1 aromatic carbocycles. The van der Waals surface area contributed by atoms with Crippen LogP contribution in [0.25, 0.3) is 0 Å². The van der Waals surface area contributed by atoms with Crippen molar-refractivity contribution in [3.63, 3.8) is 0 Å². The maximum atomic E-state index is 6.03. The van der Waals surface area contributed by atoms with Crippen LogP contribution in [0.5, 0.6) is 0 Å². The first-order chi connectivity index (χ1) is 9.20. The zero-order valence-electron chi connectivity index (χ0n) is 10.9. The second kappa shape index (κ2) is 5.17. The van der Waals surface area contributed by atoms with Gasteiger partial charge in [-0.3, -0.25) is 0 Å². The minimum Gasteiger partial charge on any atom is -0.366 e. The van der Waals surface area contributed by atoms with E-state index in [2.05, 4.69) is 46.5 Å². The zero-order chi connectivity index (χ0) is 13.2. The molecule has 3 rings (SSSR count). The lowest BCUT2D eigenvalue weighted by Gasteiger charge is -2.08. The standard InChI is InChI=1S/C15H16ClN3/c1-10-2-4-11(5-3-10)9-17-14-8-13(16)18-15(19-14)12-6-7-12/h2-5,8,12H,6-7,9H2,1H3,(H,17,18,19). The van der Waals surface area contributed by atoms with Crippen LogP contribution in [-0.4, -0.2) is 9.97 Å². The van der Waals surface area contributed by atoms with Crippen LogP contribution < -0.4 is 5.32 Å². The zero-order valence-corrected chi connectivity index (χ0v) is 11.6. The number of rotatable bonds is 4. The van der Waals surface area contributed by atoms with Crippen molar-refractivity contribution in [2.45, 2.75) is 32.2 Å². The molecule has 0 bridgehead atoms. The minimum absolute atomic E-state index is 0.513. The van der Waals surface area contributed by atoms with E-state index in [9.17, 15) is 0 Å².